The van der Waals surface area contributed by atoms with Crippen LogP contribution in [-0.2, 0) is 9.59 Å². The average molecular weight is 253 g/mol. The van der Waals surface area contributed by atoms with Crippen LogP contribution in [-0.4, -0.2) is 35.0 Å². The van der Waals surface area contributed by atoms with Gasteiger partial charge in [0.1, 0.15) is 0 Å². The molecule has 0 bridgehead atoms. The molecule has 1 heterocycles. The maximum atomic E-state index is 12.1. The lowest BCUT2D eigenvalue weighted by Crippen LogP contribution is -2.30. The second-order valence-electron chi connectivity index (χ2n) is 5.78. The molecule has 1 saturated carbocycles. The first-order valence-corrected chi connectivity index (χ1v) is 7.14. The Balaban J connectivity index is 1.70. The van der Waals surface area contributed by atoms with E-state index >= 15 is 0 Å². The first-order valence-electron chi connectivity index (χ1n) is 7.14. The van der Waals surface area contributed by atoms with Gasteiger partial charge < -0.3 is 10.0 Å². The summed E-state index contributed by atoms with van der Waals surface area (Å²) in [6.07, 6.45) is 7.61. The highest BCUT2D eigenvalue weighted by atomic mass is 16.4. The maximum Gasteiger partial charge on any atom is 0.303 e. The van der Waals surface area contributed by atoms with Crippen molar-refractivity contribution < 1.29 is 14.7 Å². The number of carbonyl (C=O) groups is 2. The van der Waals surface area contributed by atoms with Crippen LogP contribution in [0.1, 0.15) is 51.4 Å². The Kier molecular flexibility index (Phi) is 4.61. The van der Waals surface area contributed by atoms with Crippen molar-refractivity contribution in [2.45, 2.75) is 51.4 Å². The predicted molar refractivity (Wildman–Crippen MR) is 68.1 cm³/mol. The molecule has 2 aliphatic rings. The summed E-state index contributed by atoms with van der Waals surface area (Å²) >= 11 is 0. The van der Waals surface area contributed by atoms with E-state index in [1.807, 2.05) is 4.90 Å². The predicted octanol–water partition coefficient (Wildman–Crippen LogP) is 2.28. The summed E-state index contributed by atoms with van der Waals surface area (Å²) in [6, 6.07) is 0. The molecule has 0 aromatic rings. The van der Waals surface area contributed by atoms with Crippen LogP contribution in [0, 0.1) is 11.8 Å². The van der Waals surface area contributed by atoms with E-state index in [2.05, 4.69) is 0 Å². The van der Waals surface area contributed by atoms with Crippen LogP contribution in [0.15, 0.2) is 0 Å². The molecule has 18 heavy (non-hydrogen) atoms. The third-order valence-electron chi connectivity index (χ3n) is 4.34. The maximum absolute atomic E-state index is 12.1. The van der Waals surface area contributed by atoms with Crippen LogP contribution in [0.4, 0.5) is 0 Å². The minimum atomic E-state index is -0.731. The minimum absolute atomic E-state index is 0.231. The fraction of sp³-hybridized carbons (Fsp3) is 0.857. The SMILES string of the molecule is O=C(O)CCC1CCN(C(=O)CC2CCCC2)C1. The van der Waals surface area contributed by atoms with Crippen LogP contribution < -0.4 is 0 Å². The second-order valence-corrected chi connectivity index (χ2v) is 5.78. The first kappa shape index (κ1) is 13.4. The molecule has 1 unspecified atom stereocenters. The Bertz CT molecular complexity index is 310. The van der Waals surface area contributed by atoms with Gasteiger partial charge in [-0.15, -0.1) is 0 Å². The molecule has 1 atom stereocenters. The molecule has 4 heteroatoms. The Morgan fingerprint density at radius 3 is 2.50 bits per heavy atom. The summed E-state index contributed by atoms with van der Waals surface area (Å²) in [5.41, 5.74) is 0. The van der Waals surface area contributed by atoms with Gasteiger partial charge in [-0.05, 0) is 37.5 Å². The highest BCUT2D eigenvalue weighted by molar-refractivity contribution is 5.76. The number of amides is 1. The fourth-order valence-electron chi connectivity index (χ4n) is 3.21. The van der Waals surface area contributed by atoms with Crippen LogP contribution in [0.5, 0.6) is 0 Å². The van der Waals surface area contributed by atoms with E-state index < -0.39 is 5.97 Å². The normalized spacial score (nSPS) is 24.7. The first-order chi connectivity index (χ1) is 8.65. The number of likely N-dealkylation sites (tertiary alicyclic amines) is 1. The number of carbonyl (C=O) groups excluding carboxylic acids is 1. The van der Waals surface area contributed by atoms with Crippen molar-refractivity contribution in [1.82, 2.24) is 4.90 Å². The standard InChI is InChI=1S/C14H23NO3/c16-13(9-11-3-1-2-4-11)15-8-7-12(10-15)5-6-14(17)18/h11-12H,1-10H2,(H,17,18). The molecule has 102 valence electrons. The highest BCUT2D eigenvalue weighted by Gasteiger charge is 2.28. The van der Waals surface area contributed by atoms with Gasteiger partial charge in [-0.2, -0.15) is 0 Å². The monoisotopic (exact) mass is 253 g/mol. The molecule has 0 spiro atoms. The zero-order valence-corrected chi connectivity index (χ0v) is 10.9. The molecule has 2 fully saturated rings. The van der Waals surface area contributed by atoms with Gasteiger partial charge in [0.15, 0.2) is 0 Å². The van der Waals surface area contributed by atoms with Crippen molar-refractivity contribution in [2.75, 3.05) is 13.1 Å². The van der Waals surface area contributed by atoms with Crippen LogP contribution in [0.3, 0.4) is 0 Å². The van der Waals surface area contributed by atoms with E-state index in [0.29, 0.717) is 30.6 Å². The van der Waals surface area contributed by atoms with Crippen molar-refractivity contribution in [3.8, 4) is 0 Å². The van der Waals surface area contributed by atoms with Gasteiger partial charge in [0.25, 0.3) is 0 Å². The topological polar surface area (TPSA) is 57.6 Å². The summed E-state index contributed by atoms with van der Waals surface area (Å²) in [5, 5.41) is 8.66. The Morgan fingerprint density at radius 2 is 1.83 bits per heavy atom. The van der Waals surface area contributed by atoms with Crippen molar-refractivity contribution in [3.05, 3.63) is 0 Å². The van der Waals surface area contributed by atoms with Crippen molar-refractivity contribution in [3.63, 3.8) is 0 Å². The minimum Gasteiger partial charge on any atom is -0.481 e. The van der Waals surface area contributed by atoms with Gasteiger partial charge in [-0.25, -0.2) is 0 Å². The molecule has 1 N–H and O–H groups in total. The molecule has 1 aliphatic heterocycles. The lowest BCUT2D eigenvalue weighted by molar-refractivity contribution is -0.137. The van der Waals surface area contributed by atoms with Crippen LogP contribution in [0.25, 0.3) is 0 Å². The number of carboxylic acids is 1. The molecule has 1 amide bonds. The van der Waals surface area contributed by atoms with E-state index in [9.17, 15) is 9.59 Å². The van der Waals surface area contributed by atoms with E-state index in [0.717, 1.165) is 19.5 Å². The zero-order valence-electron chi connectivity index (χ0n) is 10.9. The molecule has 2 rings (SSSR count). The molecule has 1 aliphatic carbocycles. The largest absolute Gasteiger partial charge is 0.481 e. The summed E-state index contributed by atoms with van der Waals surface area (Å²) in [7, 11) is 0. The van der Waals surface area contributed by atoms with Crippen LogP contribution in [0.2, 0.25) is 0 Å². The van der Waals surface area contributed by atoms with Crippen molar-refractivity contribution in [2.24, 2.45) is 11.8 Å². The van der Waals surface area contributed by atoms with Gasteiger partial charge >= 0.3 is 5.97 Å². The second kappa shape index (κ2) is 6.21. The number of hydrogen-bond donors (Lipinski definition) is 1. The molecular weight excluding hydrogens is 230 g/mol. The summed E-state index contributed by atoms with van der Waals surface area (Å²) in [4.78, 5) is 24.6. The van der Waals surface area contributed by atoms with Crippen molar-refractivity contribution >= 4 is 11.9 Å². The summed E-state index contributed by atoms with van der Waals surface area (Å²) in [5.74, 6) is 0.564. The number of aliphatic carboxylic acids is 1. The molecule has 4 nitrogen and oxygen atoms in total. The fourth-order valence-corrected chi connectivity index (χ4v) is 3.21. The quantitative estimate of drug-likeness (QED) is 0.817. The summed E-state index contributed by atoms with van der Waals surface area (Å²) < 4.78 is 0. The zero-order chi connectivity index (χ0) is 13.0. The molecular formula is C14H23NO3. The molecule has 0 aromatic carbocycles. The van der Waals surface area contributed by atoms with Gasteiger partial charge in [-0.1, -0.05) is 12.8 Å². The van der Waals surface area contributed by atoms with Crippen molar-refractivity contribution in [1.29, 1.82) is 0 Å². The van der Waals surface area contributed by atoms with Gasteiger partial charge in [0, 0.05) is 25.9 Å². The van der Waals surface area contributed by atoms with Gasteiger partial charge in [0.2, 0.25) is 5.91 Å². The number of hydrogen-bond acceptors (Lipinski definition) is 2. The third kappa shape index (κ3) is 3.72. The Labute approximate surface area is 108 Å². The van der Waals surface area contributed by atoms with Gasteiger partial charge in [-0.3, -0.25) is 9.59 Å². The third-order valence-corrected chi connectivity index (χ3v) is 4.34. The van der Waals surface area contributed by atoms with E-state index in [-0.39, 0.29) is 6.42 Å². The average Bonchev–Trinajstić information content (AvgIpc) is 2.96. The smallest absolute Gasteiger partial charge is 0.303 e. The van der Waals surface area contributed by atoms with E-state index in [1.54, 1.807) is 0 Å². The Morgan fingerprint density at radius 1 is 1.11 bits per heavy atom. The van der Waals surface area contributed by atoms with E-state index in [1.165, 1.54) is 25.7 Å². The van der Waals surface area contributed by atoms with Gasteiger partial charge in [0.05, 0.1) is 0 Å². The summed E-state index contributed by atoms with van der Waals surface area (Å²) in [6.45, 7) is 1.61. The number of carboxylic acid groups (broad SMARTS) is 1. The van der Waals surface area contributed by atoms with E-state index in [4.69, 9.17) is 5.11 Å². The molecule has 0 radical (unpaired) electrons. The highest BCUT2D eigenvalue weighted by Crippen LogP contribution is 2.29. The number of nitrogens with zero attached hydrogens (tertiary/aromatic N) is 1. The lowest BCUT2D eigenvalue weighted by atomic mass is 10.0. The lowest BCUT2D eigenvalue weighted by Gasteiger charge is -2.18. The number of rotatable bonds is 5. The molecule has 0 aromatic heterocycles. The van der Waals surface area contributed by atoms with Crippen LogP contribution >= 0.6 is 0 Å². The Hall–Kier alpha value is -1.06. The molecule has 1 saturated heterocycles.